The molecule has 6 nitrogen and oxygen atoms in total. The van der Waals surface area contributed by atoms with Gasteiger partial charge in [0, 0.05) is 54.3 Å². The number of nitrogens with zero attached hydrogens (tertiary/aromatic N) is 3. The first kappa shape index (κ1) is 24.4. The van der Waals surface area contributed by atoms with Crippen molar-refractivity contribution in [2.24, 2.45) is 0 Å². The van der Waals surface area contributed by atoms with Crippen molar-refractivity contribution in [1.82, 2.24) is 19.6 Å². The molecule has 37 heavy (non-hydrogen) atoms. The van der Waals surface area contributed by atoms with E-state index in [2.05, 4.69) is 5.32 Å². The molecule has 1 aliphatic carbocycles. The van der Waals surface area contributed by atoms with E-state index in [1.54, 1.807) is 12.1 Å². The van der Waals surface area contributed by atoms with Crippen LogP contribution in [-0.2, 0) is 16.0 Å². The molecule has 10 heteroatoms. The second-order valence-corrected chi connectivity index (χ2v) is 10.3. The quantitative estimate of drug-likeness (QED) is 0.460. The molecule has 2 fully saturated rings. The van der Waals surface area contributed by atoms with Crippen molar-refractivity contribution in [2.45, 2.75) is 42.9 Å². The first-order valence-electron chi connectivity index (χ1n) is 12.0. The number of carbonyl (C=O) groups is 1. The topological polar surface area (TPSA) is 58.9 Å². The Kier molecular flexibility index (Phi) is 5.80. The number of rotatable bonds is 6. The highest BCUT2D eigenvalue weighted by molar-refractivity contribution is 6.30. The van der Waals surface area contributed by atoms with E-state index in [0.717, 1.165) is 22.6 Å². The summed E-state index contributed by atoms with van der Waals surface area (Å²) in [5.41, 5.74) is 1.02. The van der Waals surface area contributed by atoms with Gasteiger partial charge in [0.05, 0.1) is 11.4 Å². The monoisotopic (exact) mass is 528 g/mol. The maximum atomic E-state index is 13.8. The van der Waals surface area contributed by atoms with Gasteiger partial charge in [-0.15, -0.1) is 13.2 Å². The summed E-state index contributed by atoms with van der Waals surface area (Å²) in [5, 5.41) is 4.00. The Morgan fingerprint density at radius 2 is 2.03 bits per heavy atom. The van der Waals surface area contributed by atoms with E-state index in [-0.39, 0.29) is 18.0 Å². The van der Waals surface area contributed by atoms with Crippen LogP contribution in [0, 0.1) is 0 Å². The third-order valence-corrected chi connectivity index (χ3v) is 7.80. The summed E-state index contributed by atoms with van der Waals surface area (Å²) in [6.07, 6.45) is 3.04. The lowest BCUT2D eigenvalue weighted by atomic mass is 9.69. The molecular weight excluding hydrogens is 505 g/mol. The number of halogens is 4. The lowest BCUT2D eigenvalue weighted by molar-refractivity contribution is -0.402. The zero-order valence-electron chi connectivity index (χ0n) is 19.7. The molecule has 2 aromatic heterocycles. The number of piperidine rings is 1. The third kappa shape index (κ3) is 4.20. The minimum atomic E-state index is -4.88. The van der Waals surface area contributed by atoms with Crippen molar-refractivity contribution in [2.75, 3.05) is 13.1 Å². The number of pyridine rings is 1. The summed E-state index contributed by atoms with van der Waals surface area (Å²) in [7, 11) is 0. The highest BCUT2D eigenvalue weighted by Crippen LogP contribution is 2.52. The normalized spacial score (nSPS) is 27.7. The molecule has 1 N–H and O–H groups in total. The summed E-state index contributed by atoms with van der Waals surface area (Å²) in [6, 6.07) is 12.9. The first-order chi connectivity index (χ1) is 17.7. The van der Waals surface area contributed by atoms with Gasteiger partial charge in [0.25, 0.3) is 0 Å². The molecular formula is C27H24ClF3N4O2. The maximum absolute atomic E-state index is 13.8. The highest BCUT2D eigenvalue weighted by atomic mass is 35.5. The van der Waals surface area contributed by atoms with E-state index < -0.39 is 17.6 Å². The van der Waals surface area contributed by atoms with Crippen molar-refractivity contribution < 1.29 is 22.7 Å². The molecule has 6 rings (SSSR count). The van der Waals surface area contributed by atoms with Crippen LogP contribution < -0.4 is 5.32 Å². The molecule has 1 aromatic carbocycles. The Bertz CT molecular complexity index is 1410. The van der Waals surface area contributed by atoms with Crippen molar-refractivity contribution in [3.05, 3.63) is 83.2 Å². The zero-order valence-corrected chi connectivity index (χ0v) is 20.5. The molecule has 3 aromatic rings. The predicted octanol–water partition coefficient (Wildman–Crippen LogP) is 4.93. The van der Waals surface area contributed by atoms with Crippen molar-refractivity contribution in [3.63, 3.8) is 0 Å². The molecule has 0 radical (unpaired) electrons. The molecule has 0 spiro atoms. The largest absolute Gasteiger partial charge is 0.524 e. The van der Waals surface area contributed by atoms with Crippen LogP contribution in [0.25, 0.3) is 16.9 Å². The lowest BCUT2D eigenvalue weighted by Gasteiger charge is -2.67. The van der Waals surface area contributed by atoms with Crippen molar-refractivity contribution in [1.29, 1.82) is 0 Å². The Hall–Kier alpha value is -2.98. The van der Waals surface area contributed by atoms with E-state index in [4.69, 9.17) is 21.3 Å². The number of imidazole rings is 1. The molecule has 3 aliphatic rings. The number of fused-ring (bicyclic) bond motifs is 3. The lowest BCUT2D eigenvalue weighted by Crippen LogP contribution is -2.82. The molecule has 0 amide bonds. The Morgan fingerprint density at radius 1 is 1.22 bits per heavy atom. The molecule has 3 atom stereocenters. The average Bonchev–Trinajstić information content (AvgIpc) is 3.21. The van der Waals surface area contributed by atoms with Gasteiger partial charge in [0.2, 0.25) is 0 Å². The van der Waals surface area contributed by atoms with E-state index in [1.165, 1.54) is 18.2 Å². The summed E-state index contributed by atoms with van der Waals surface area (Å²) < 4.78 is 48.3. The van der Waals surface area contributed by atoms with Gasteiger partial charge in [-0.1, -0.05) is 42.0 Å². The number of hydrogen-bond acceptors (Lipinski definition) is 5. The van der Waals surface area contributed by atoms with E-state index in [1.807, 2.05) is 45.8 Å². The van der Waals surface area contributed by atoms with Gasteiger partial charge in [0.15, 0.2) is 5.72 Å². The van der Waals surface area contributed by atoms with Gasteiger partial charge in [-0.2, -0.15) is 0 Å². The number of aromatic nitrogens is 2. The molecule has 2 aliphatic heterocycles. The molecule has 3 unspecified atom stereocenters. The summed E-state index contributed by atoms with van der Waals surface area (Å²) >= 11 is 6.12. The van der Waals surface area contributed by atoms with Crippen LogP contribution >= 0.6 is 11.6 Å². The number of aldehydes is 1. The van der Waals surface area contributed by atoms with Gasteiger partial charge >= 0.3 is 6.36 Å². The molecule has 0 saturated carbocycles. The second-order valence-electron chi connectivity index (χ2n) is 9.89. The van der Waals surface area contributed by atoms with Crippen LogP contribution in [0.15, 0.2) is 72.5 Å². The number of allylic oxidation sites excluding steroid dienone is 2. The third-order valence-electron chi connectivity index (χ3n) is 7.54. The minimum absolute atomic E-state index is 0.176. The fraction of sp³-hybridized carbons (Fsp3) is 0.333. The standard InChI is InChI=1S/C27H24ClF3N4O2/c28-20-8-6-19(7-9-20)24-22(34-11-2-1-5-23(34)33-24)14-25-13-21(15-32-17-25)35(25)26(37-27(29,30)31)10-3-4-18(12-26)16-36/h1-11,16,21,32H,12-15,17H2. The Balaban J connectivity index is 1.46. The molecule has 2 bridgehead atoms. The van der Waals surface area contributed by atoms with Gasteiger partial charge in [-0.05, 0) is 42.3 Å². The minimum Gasteiger partial charge on any atom is -0.313 e. The van der Waals surface area contributed by atoms with Gasteiger partial charge in [-0.25, -0.2) is 4.98 Å². The first-order valence-corrected chi connectivity index (χ1v) is 12.4. The van der Waals surface area contributed by atoms with Crippen LogP contribution in [0.2, 0.25) is 5.02 Å². The number of nitrogens with one attached hydrogen (secondary N) is 1. The van der Waals surface area contributed by atoms with Crippen molar-refractivity contribution in [3.8, 4) is 11.3 Å². The average molecular weight is 529 g/mol. The van der Waals surface area contributed by atoms with E-state index >= 15 is 0 Å². The van der Waals surface area contributed by atoms with Crippen LogP contribution in [0.3, 0.4) is 0 Å². The predicted molar refractivity (Wildman–Crippen MR) is 133 cm³/mol. The SMILES string of the molecule is O=CC1=CC=CC(OC(F)(F)F)(N2C3CNCC2(Cc2c(-c4ccc(Cl)cc4)nc4ccccn24)C3)C1. The van der Waals surface area contributed by atoms with E-state index in [9.17, 15) is 18.0 Å². The van der Waals surface area contributed by atoms with Crippen LogP contribution in [0.4, 0.5) is 13.2 Å². The maximum Gasteiger partial charge on any atom is 0.524 e. The highest BCUT2D eigenvalue weighted by Gasteiger charge is 2.64. The van der Waals surface area contributed by atoms with Crippen LogP contribution in [-0.4, -0.2) is 57.3 Å². The molecule has 192 valence electrons. The molecule has 4 heterocycles. The van der Waals surface area contributed by atoms with Crippen LogP contribution in [0.5, 0.6) is 0 Å². The number of carbonyl (C=O) groups excluding carboxylic acids is 1. The van der Waals surface area contributed by atoms with E-state index in [0.29, 0.717) is 37.2 Å². The summed E-state index contributed by atoms with van der Waals surface area (Å²) in [6.45, 7) is 1.01. The van der Waals surface area contributed by atoms with Gasteiger partial charge in [-0.3, -0.25) is 14.4 Å². The number of hydrogen-bond donors (Lipinski definition) is 1. The molecule has 2 saturated heterocycles. The fourth-order valence-corrected chi connectivity index (χ4v) is 6.42. The zero-order chi connectivity index (χ0) is 25.8. The number of alkyl halides is 3. The van der Waals surface area contributed by atoms with Crippen LogP contribution in [0.1, 0.15) is 18.5 Å². The Labute approximate surface area is 216 Å². The second kappa shape index (κ2) is 8.80. The number of ether oxygens (including phenoxy) is 1. The summed E-state index contributed by atoms with van der Waals surface area (Å²) in [4.78, 5) is 18.3. The smallest absolute Gasteiger partial charge is 0.313 e. The van der Waals surface area contributed by atoms with Crippen molar-refractivity contribution >= 4 is 23.5 Å². The Morgan fingerprint density at radius 3 is 2.76 bits per heavy atom. The van der Waals surface area contributed by atoms with Gasteiger partial charge in [0.1, 0.15) is 11.9 Å². The number of piperazine rings is 1. The number of benzene rings is 1. The fourth-order valence-electron chi connectivity index (χ4n) is 6.29. The summed E-state index contributed by atoms with van der Waals surface area (Å²) in [5.74, 6) is 0. The van der Waals surface area contributed by atoms with Gasteiger partial charge < -0.3 is 9.72 Å².